The molecule has 20 heavy (non-hydrogen) atoms. The minimum absolute atomic E-state index is 0.00560. The Morgan fingerprint density at radius 3 is 2.75 bits per heavy atom. The first-order valence-electron chi connectivity index (χ1n) is 7.22. The molecule has 3 nitrogen and oxygen atoms in total. The maximum Gasteiger partial charge on any atom is 0.311 e. The molecular formula is C16H21NO2S. The maximum atomic E-state index is 12.2. The van der Waals surface area contributed by atoms with E-state index in [0.29, 0.717) is 17.3 Å². The third-order valence-corrected chi connectivity index (χ3v) is 6.05. The van der Waals surface area contributed by atoms with E-state index < -0.39 is 0 Å². The Labute approximate surface area is 124 Å². The molecule has 0 unspecified atom stereocenters. The second-order valence-electron chi connectivity index (χ2n) is 5.72. The molecule has 2 fully saturated rings. The number of nitrogens with zero attached hydrogens (tertiary/aromatic N) is 1. The predicted octanol–water partition coefficient (Wildman–Crippen LogP) is 2.80. The number of hydrogen-bond donors (Lipinski definition) is 0. The van der Waals surface area contributed by atoms with Crippen molar-refractivity contribution in [1.29, 1.82) is 0 Å². The van der Waals surface area contributed by atoms with E-state index in [0.717, 1.165) is 12.8 Å². The smallest absolute Gasteiger partial charge is 0.311 e. The van der Waals surface area contributed by atoms with Crippen molar-refractivity contribution in [2.45, 2.75) is 41.5 Å². The number of thioether (sulfide) groups is 1. The van der Waals surface area contributed by atoms with Gasteiger partial charge in [-0.1, -0.05) is 18.2 Å². The highest BCUT2D eigenvalue weighted by Gasteiger charge is 2.49. The maximum absolute atomic E-state index is 12.2. The van der Waals surface area contributed by atoms with Crippen LogP contribution in [0.15, 0.2) is 35.2 Å². The normalized spacial score (nSPS) is 33.1. The molecule has 4 heteroatoms. The summed E-state index contributed by atoms with van der Waals surface area (Å²) in [7, 11) is 3.66. The van der Waals surface area contributed by atoms with Gasteiger partial charge in [-0.2, -0.15) is 0 Å². The van der Waals surface area contributed by atoms with Crippen LogP contribution in [0.5, 0.6) is 0 Å². The highest BCUT2D eigenvalue weighted by molar-refractivity contribution is 8.00. The van der Waals surface area contributed by atoms with E-state index in [-0.39, 0.29) is 11.9 Å². The number of rotatable bonds is 3. The summed E-state index contributed by atoms with van der Waals surface area (Å²) in [6, 6.07) is 11.4. The lowest BCUT2D eigenvalue weighted by Crippen LogP contribution is -2.51. The van der Waals surface area contributed by atoms with Crippen LogP contribution in [0.2, 0.25) is 0 Å². The molecule has 108 valence electrons. The van der Waals surface area contributed by atoms with Gasteiger partial charge in [0.25, 0.3) is 0 Å². The van der Waals surface area contributed by atoms with Crippen molar-refractivity contribution in [2.24, 2.45) is 5.92 Å². The van der Waals surface area contributed by atoms with E-state index in [1.807, 2.05) is 17.8 Å². The second-order valence-corrected chi connectivity index (χ2v) is 7.03. The number of ether oxygens (including phenoxy) is 1. The van der Waals surface area contributed by atoms with Crippen LogP contribution in [0.3, 0.4) is 0 Å². The summed E-state index contributed by atoms with van der Waals surface area (Å²) in [6.07, 6.45) is 3.40. The monoisotopic (exact) mass is 291 g/mol. The molecule has 2 saturated heterocycles. The summed E-state index contributed by atoms with van der Waals surface area (Å²) < 4.78 is 5.08. The number of esters is 1. The third-order valence-electron chi connectivity index (χ3n) is 4.72. The van der Waals surface area contributed by atoms with Crippen LogP contribution in [0.25, 0.3) is 0 Å². The summed E-state index contributed by atoms with van der Waals surface area (Å²) in [5.74, 6) is -0.0513. The van der Waals surface area contributed by atoms with Crippen LogP contribution in [-0.2, 0) is 9.53 Å². The molecule has 2 bridgehead atoms. The van der Waals surface area contributed by atoms with Crippen molar-refractivity contribution < 1.29 is 9.53 Å². The van der Waals surface area contributed by atoms with Crippen LogP contribution in [0.4, 0.5) is 0 Å². The highest BCUT2D eigenvalue weighted by atomic mass is 32.2. The van der Waals surface area contributed by atoms with Gasteiger partial charge in [-0.15, -0.1) is 11.8 Å². The molecule has 3 rings (SSSR count). The summed E-state index contributed by atoms with van der Waals surface area (Å²) in [4.78, 5) is 15.9. The van der Waals surface area contributed by atoms with Crippen molar-refractivity contribution in [2.75, 3.05) is 14.2 Å². The van der Waals surface area contributed by atoms with Gasteiger partial charge < -0.3 is 4.74 Å². The number of benzene rings is 1. The number of carbonyl (C=O) groups excluding carboxylic acids is 1. The van der Waals surface area contributed by atoms with Gasteiger partial charge >= 0.3 is 5.97 Å². The first-order chi connectivity index (χ1) is 9.70. The Hall–Kier alpha value is -1.00. The molecule has 0 saturated carbocycles. The van der Waals surface area contributed by atoms with E-state index in [4.69, 9.17) is 4.74 Å². The number of fused-ring (bicyclic) bond motifs is 2. The Morgan fingerprint density at radius 1 is 1.30 bits per heavy atom. The summed E-state index contributed by atoms with van der Waals surface area (Å²) in [5.41, 5.74) is 0. The van der Waals surface area contributed by atoms with Gasteiger partial charge in [0.15, 0.2) is 0 Å². The van der Waals surface area contributed by atoms with Crippen molar-refractivity contribution in [1.82, 2.24) is 4.90 Å². The molecule has 2 heterocycles. The zero-order valence-electron chi connectivity index (χ0n) is 12.0. The summed E-state index contributed by atoms with van der Waals surface area (Å²) >= 11 is 1.84. The van der Waals surface area contributed by atoms with Gasteiger partial charge in [-0.25, -0.2) is 0 Å². The molecule has 1 aromatic carbocycles. The molecule has 0 aromatic heterocycles. The Morgan fingerprint density at radius 2 is 2.05 bits per heavy atom. The molecule has 0 N–H and O–H groups in total. The molecule has 0 amide bonds. The molecule has 2 aliphatic rings. The quantitative estimate of drug-likeness (QED) is 0.801. The predicted molar refractivity (Wildman–Crippen MR) is 80.8 cm³/mol. The number of methoxy groups -OCH3 is 1. The second kappa shape index (κ2) is 5.78. The largest absolute Gasteiger partial charge is 0.469 e. The zero-order chi connectivity index (χ0) is 14.1. The lowest BCUT2D eigenvalue weighted by Gasteiger charge is -2.41. The fourth-order valence-corrected chi connectivity index (χ4v) is 5.08. The van der Waals surface area contributed by atoms with E-state index >= 15 is 0 Å². The third kappa shape index (κ3) is 2.47. The minimum Gasteiger partial charge on any atom is -0.469 e. The average Bonchev–Trinajstić information content (AvgIpc) is 2.72. The molecular weight excluding hydrogens is 270 g/mol. The van der Waals surface area contributed by atoms with Crippen LogP contribution in [0.1, 0.15) is 19.3 Å². The Bertz CT molecular complexity index is 479. The van der Waals surface area contributed by atoms with Gasteiger partial charge in [0.1, 0.15) is 0 Å². The minimum atomic E-state index is -0.0457. The Kier molecular flexibility index (Phi) is 4.03. The molecule has 4 atom stereocenters. The van der Waals surface area contributed by atoms with E-state index in [1.165, 1.54) is 18.4 Å². The topological polar surface area (TPSA) is 29.5 Å². The van der Waals surface area contributed by atoms with Gasteiger partial charge in [-0.05, 0) is 38.4 Å². The van der Waals surface area contributed by atoms with Crippen LogP contribution in [-0.4, -0.2) is 42.4 Å². The van der Waals surface area contributed by atoms with Gasteiger partial charge in [0.2, 0.25) is 0 Å². The molecule has 0 radical (unpaired) electrons. The van der Waals surface area contributed by atoms with E-state index in [9.17, 15) is 4.79 Å². The van der Waals surface area contributed by atoms with Crippen molar-refractivity contribution in [3.05, 3.63) is 30.3 Å². The first kappa shape index (κ1) is 14.0. The fraction of sp³-hybridized carbons (Fsp3) is 0.562. The van der Waals surface area contributed by atoms with Crippen LogP contribution >= 0.6 is 11.8 Å². The zero-order valence-corrected chi connectivity index (χ0v) is 12.8. The number of piperidine rings is 1. The molecule has 0 aliphatic carbocycles. The van der Waals surface area contributed by atoms with Crippen molar-refractivity contribution >= 4 is 17.7 Å². The fourth-order valence-electron chi connectivity index (χ4n) is 3.66. The van der Waals surface area contributed by atoms with Gasteiger partial charge in [0, 0.05) is 22.2 Å². The van der Waals surface area contributed by atoms with Gasteiger partial charge in [0.05, 0.1) is 13.0 Å². The standard InChI is InChI=1S/C16H21NO2S/c1-17-11-8-9-13(17)15(16(18)19-2)14(10-11)20-12-6-4-3-5-7-12/h3-7,11,13-15H,8-10H2,1-2H3/t11-,13+,14+,15+/m0/s1. The first-order valence-corrected chi connectivity index (χ1v) is 8.10. The van der Waals surface area contributed by atoms with Crippen LogP contribution < -0.4 is 0 Å². The lowest BCUT2D eigenvalue weighted by molar-refractivity contribution is -0.148. The molecule has 1 aromatic rings. The van der Waals surface area contributed by atoms with Crippen molar-refractivity contribution in [3.8, 4) is 0 Å². The van der Waals surface area contributed by atoms with E-state index in [1.54, 1.807) is 0 Å². The highest BCUT2D eigenvalue weighted by Crippen LogP contribution is 2.45. The van der Waals surface area contributed by atoms with E-state index in [2.05, 4.69) is 36.2 Å². The molecule has 2 aliphatic heterocycles. The van der Waals surface area contributed by atoms with Crippen LogP contribution in [0, 0.1) is 5.92 Å². The lowest BCUT2D eigenvalue weighted by atomic mass is 9.90. The Balaban J connectivity index is 1.82. The molecule has 0 spiro atoms. The van der Waals surface area contributed by atoms with Gasteiger partial charge in [-0.3, -0.25) is 9.69 Å². The summed E-state index contributed by atoms with van der Waals surface area (Å²) in [6.45, 7) is 0. The average molecular weight is 291 g/mol. The SMILES string of the molecule is COC(=O)[C@@H]1[C@H]2CC[C@@H](C[C@H]1Sc1ccccc1)N2C. The number of hydrogen-bond acceptors (Lipinski definition) is 4. The van der Waals surface area contributed by atoms with Crippen molar-refractivity contribution in [3.63, 3.8) is 0 Å². The summed E-state index contributed by atoms with van der Waals surface area (Å²) in [5, 5.41) is 0.332. The number of carbonyl (C=O) groups is 1.